The van der Waals surface area contributed by atoms with Gasteiger partial charge < -0.3 is 39.0 Å². The first-order chi connectivity index (χ1) is 19.5. The van der Waals surface area contributed by atoms with E-state index in [-0.39, 0.29) is 19.8 Å². The molecule has 0 bridgehead atoms. The van der Waals surface area contributed by atoms with Gasteiger partial charge in [0.1, 0.15) is 24.8 Å². The lowest BCUT2D eigenvalue weighted by molar-refractivity contribution is 0.0350. The maximum absolute atomic E-state index is 12.7. The Morgan fingerprint density at radius 3 is 2.48 bits per heavy atom. The normalized spacial score (nSPS) is 19.1. The van der Waals surface area contributed by atoms with Crippen LogP contribution in [0.15, 0.2) is 69.4 Å². The number of ether oxygens (including phenoxy) is 4. The third kappa shape index (κ3) is 7.48. The topological polar surface area (TPSA) is 83.9 Å². The average molecular weight is 591 g/mol. The largest absolute Gasteiger partial charge is 0.497 e. The van der Waals surface area contributed by atoms with Crippen LogP contribution in [0.1, 0.15) is 0 Å². The van der Waals surface area contributed by atoms with Gasteiger partial charge in [-0.25, -0.2) is 4.39 Å². The number of aliphatic hydroxyl groups is 2. The van der Waals surface area contributed by atoms with Gasteiger partial charge in [0, 0.05) is 28.9 Å². The molecule has 2 aromatic rings. The number of rotatable bonds is 16. The fraction of sp³-hybridized carbons (Fsp3) is 0.429. The first kappa shape index (κ1) is 30.6. The van der Waals surface area contributed by atoms with Crippen LogP contribution in [0.2, 0.25) is 0 Å². The number of methoxy groups -OCH3 is 1. The van der Waals surface area contributed by atoms with Gasteiger partial charge in [-0.2, -0.15) is 0 Å². The van der Waals surface area contributed by atoms with E-state index in [1.165, 1.54) is 0 Å². The van der Waals surface area contributed by atoms with Gasteiger partial charge in [0.15, 0.2) is 7.85 Å². The maximum atomic E-state index is 12.7. The number of halogens is 1. The van der Waals surface area contributed by atoms with Crippen LogP contribution in [0.25, 0.3) is 0 Å². The van der Waals surface area contributed by atoms with E-state index in [2.05, 4.69) is 35.9 Å². The Balaban J connectivity index is 1.51. The number of thioether (sulfide) groups is 2. The molecule has 0 aromatic heterocycles. The Morgan fingerprint density at radius 1 is 0.925 bits per heavy atom. The fourth-order valence-corrected chi connectivity index (χ4v) is 6.97. The summed E-state index contributed by atoms with van der Waals surface area (Å²) < 4.78 is 34.3. The summed E-state index contributed by atoms with van der Waals surface area (Å²) >= 11 is 3.37. The predicted molar refractivity (Wildman–Crippen MR) is 162 cm³/mol. The predicted octanol–water partition coefficient (Wildman–Crippen LogP) is 3.27. The van der Waals surface area contributed by atoms with Gasteiger partial charge in [-0.15, -0.1) is 11.8 Å². The number of hydrogen-bond acceptors (Lipinski definition) is 10. The van der Waals surface area contributed by atoms with Gasteiger partial charge in [-0.05, 0) is 36.4 Å². The van der Waals surface area contributed by atoms with Crippen molar-refractivity contribution in [3.8, 4) is 11.5 Å². The molecule has 1 unspecified atom stereocenters. The van der Waals surface area contributed by atoms with Crippen molar-refractivity contribution in [2.75, 3.05) is 82.9 Å². The van der Waals surface area contributed by atoms with Crippen molar-refractivity contribution in [2.24, 2.45) is 0 Å². The van der Waals surface area contributed by atoms with Gasteiger partial charge in [0.25, 0.3) is 0 Å². The molecule has 8 nitrogen and oxygen atoms in total. The number of nitrogens with zero attached hydrogens (tertiary/aromatic N) is 2. The molecule has 216 valence electrons. The molecular weight excluding hydrogens is 554 g/mol. The molecule has 1 atom stereocenters. The second-order valence-corrected chi connectivity index (χ2v) is 11.6. The van der Waals surface area contributed by atoms with Crippen LogP contribution in [0.5, 0.6) is 11.5 Å². The highest BCUT2D eigenvalue weighted by Crippen LogP contribution is 2.51. The van der Waals surface area contributed by atoms with Gasteiger partial charge in [-0.1, -0.05) is 23.9 Å². The van der Waals surface area contributed by atoms with Crippen LogP contribution in [0.4, 0.5) is 15.8 Å². The van der Waals surface area contributed by atoms with E-state index < -0.39 is 11.4 Å². The van der Waals surface area contributed by atoms with E-state index in [1.807, 2.05) is 36.4 Å². The van der Waals surface area contributed by atoms with Crippen LogP contribution in [-0.4, -0.2) is 96.0 Å². The Bertz CT molecular complexity index is 1190. The summed E-state index contributed by atoms with van der Waals surface area (Å²) in [6.07, 6.45) is 6.30. The second kappa shape index (κ2) is 15.0. The zero-order chi connectivity index (χ0) is 28.4. The van der Waals surface area contributed by atoms with Crippen LogP contribution >= 0.6 is 23.5 Å². The van der Waals surface area contributed by atoms with Crippen molar-refractivity contribution in [3.05, 3.63) is 59.7 Å². The van der Waals surface area contributed by atoms with E-state index in [0.29, 0.717) is 45.3 Å². The van der Waals surface area contributed by atoms with Gasteiger partial charge in [0.05, 0.1) is 67.9 Å². The number of alkyl halides is 1. The van der Waals surface area contributed by atoms with Crippen molar-refractivity contribution in [2.45, 2.75) is 14.6 Å². The van der Waals surface area contributed by atoms with Crippen LogP contribution in [-0.2, 0) is 9.47 Å². The molecule has 0 saturated heterocycles. The first-order valence-electron chi connectivity index (χ1n) is 13.2. The quantitative estimate of drug-likeness (QED) is 0.225. The van der Waals surface area contributed by atoms with Gasteiger partial charge in [0.2, 0.25) is 0 Å². The van der Waals surface area contributed by atoms with E-state index in [1.54, 1.807) is 30.6 Å². The number of allylic oxidation sites excluding steroid dienone is 2. The van der Waals surface area contributed by atoms with Crippen molar-refractivity contribution in [1.82, 2.24) is 0 Å². The smallest absolute Gasteiger partial charge is 0.154 e. The molecular formula is C28H36BFN2O6S2. The number of benzene rings is 2. The monoisotopic (exact) mass is 590 g/mol. The lowest BCUT2D eigenvalue weighted by Gasteiger charge is -2.34. The first-order valence-corrected chi connectivity index (χ1v) is 14.9. The van der Waals surface area contributed by atoms with E-state index in [4.69, 9.17) is 24.1 Å². The van der Waals surface area contributed by atoms with Crippen LogP contribution < -0.4 is 19.3 Å². The van der Waals surface area contributed by atoms with Crippen LogP contribution in [0, 0.1) is 0 Å². The third-order valence-electron chi connectivity index (χ3n) is 6.39. The van der Waals surface area contributed by atoms with Gasteiger partial charge in [-0.3, -0.25) is 0 Å². The Labute approximate surface area is 244 Å². The summed E-state index contributed by atoms with van der Waals surface area (Å²) in [5, 5.41) is 19.6. The maximum Gasteiger partial charge on any atom is 0.154 e. The molecule has 2 aliphatic rings. The molecule has 2 aliphatic heterocycles. The van der Waals surface area contributed by atoms with Crippen LogP contribution in [0.3, 0.4) is 0 Å². The molecule has 12 heteroatoms. The minimum Gasteiger partial charge on any atom is -0.497 e. The second-order valence-electron chi connectivity index (χ2n) is 9.10. The summed E-state index contributed by atoms with van der Waals surface area (Å²) in [5.41, 5.74) is 2.09. The molecule has 0 aliphatic carbocycles. The van der Waals surface area contributed by atoms with E-state index in [0.717, 1.165) is 31.9 Å². The molecule has 2 heterocycles. The van der Waals surface area contributed by atoms with Crippen molar-refractivity contribution in [1.29, 1.82) is 0 Å². The summed E-state index contributed by atoms with van der Waals surface area (Å²) in [5.74, 6) is 1.42. The average Bonchev–Trinajstić information content (AvgIpc) is 3.44. The number of β-amino-alcohol motifs (C(OH)–C–C–N with tert-alkyl or cyclic N) is 1. The standard InChI is InChI=1S/C28H36BFN2O6S2/c1-35-21-5-7-25-24(19-21)31(10-12-33)27(39-25)3-2-8-28(29)32(11-15-36-17-18-37-16-13-34)23-6-4-22(38-14-9-30)20-26(23)40-28/h2-8,19-20,33-34H,9-18,29H2,1H3/b8-2+,27-3-. The Hall–Kier alpha value is -2.35. The minimum absolute atomic E-state index is 0.00376. The summed E-state index contributed by atoms with van der Waals surface area (Å²) in [7, 11) is 3.81. The van der Waals surface area contributed by atoms with Crippen molar-refractivity contribution >= 4 is 42.7 Å². The molecule has 4 rings (SSSR count). The summed E-state index contributed by atoms with van der Waals surface area (Å²) in [6.45, 7) is 2.35. The number of hydrogen-bond donors (Lipinski definition) is 2. The highest BCUT2D eigenvalue weighted by Gasteiger charge is 2.38. The highest BCUT2D eigenvalue weighted by atomic mass is 32.2. The number of aliphatic hydroxyl groups excluding tert-OH is 2. The molecule has 0 radical (unpaired) electrons. The van der Waals surface area contributed by atoms with Gasteiger partial charge >= 0.3 is 0 Å². The zero-order valence-corrected chi connectivity index (χ0v) is 24.5. The van der Waals surface area contributed by atoms with Crippen molar-refractivity contribution in [3.63, 3.8) is 0 Å². The highest BCUT2D eigenvalue weighted by molar-refractivity contribution is 8.03. The lowest BCUT2D eigenvalue weighted by Crippen LogP contribution is -2.44. The SMILES string of the molecule is BC1(/C=C/C=C2\Sc3ccc(OC)cc3N2CCO)Sc2cc(OCCF)ccc2N1CCOCCOCCO. The lowest BCUT2D eigenvalue weighted by atomic mass is 9.92. The Morgan fingerprint density at radius 2 is 1.73 bits per heavy atom. The minimum atomic E-state index is -0.535. The third-order valence-corrected chi connectivity index (χ3v) is 8.84. The fourth-order valence-electron chi connectivity index (χ4n) is 4.54. The molecule has 2 aromatic carbocycles. The zero-order valence-electron chi connectivity index (χ0n) is 22.9. The Kier molecular flexibility index (Phi) is 11.5. The van der Waals surface area contributed by atoms with Crippen molar-refractivity contribution < 1.29 is 33.6 Å². The molecule has 0 fully saturated rings. The molecule has 2 N–H and O–H groups in total. The molecule has 40 heavy (non-hydrogen) atoms. The van der Waals surface area contributed by atoms with E-state index in [9.17, 15) is 9.50 Å². The van der Waals surface area contributed by atoms with E-state index >= 15 is 0 Å². The molecule has 0 amide bonds. The molecule has 0 saturated carbocycles. The summed E-state index contributed by atoms with van der Waals surface area (Å²) in [4.78, 5) is 6.57. The number of anilines is 2. The summed E-state index contributed by atoms with van der Waals surface area (Å²) in [6, 6.07) is 11.8. The molecule has 0 spiro atoms. The number of fused-ring (bicyclic) bond motifs is 2.